The van der Waals surface area contributed by atoms with Gasteiger partial charge in [0.1, 0.15) is 0 Å². The number of rotatable bonds is 4. The number of alkyl halides is 1. The molecule has 1 rings (SSSR count). The maximum atomic E-state index is 13.8. The van der Waals surface area contributed by atoms with Gasteiger partial charge in [-0.2, -0.15) is 0 Å². The Bertz CT molecular complexity index is 366. The Morgan fingerprint density at radius 3 is 2.56 bits per heavy atom. The van der Waals surface area contributed by atoms with Gasteiger partial charge in [-0.15, -0.1) is 11.8 Å². The minimum Gasteiger partial charge on any atom is -0.393 e. The summed E-state index contributed by atoms with van der Waals surface area (Å²) in [6, 6.07) is 5.06. The van der Waals surface area contributed by atoms with E-state index in [1.54, 1.807) is 30.0 Å². The van der Waals surface area contributed by atoms with E-state index in [1.807, 2.05) is 0 Å². The van der Waals surface area contributed by atoms with Crippen LogP contribution < -0.4 is 0 Å². The molecule has 1 atom stereocenters. The summed E-state index contributed by atoms with van der Waals surface area (Å²) in [5.41, 5.74) is -1.32. The molecule has 0 aliphatic heterocycles. The van der Waals surface area contributed by atoms with Crippen LogP contribution in [0.15, 0.2) is 23.1 Å². The highest BCUT2D eigenvalue weighted by atomic mass is 35.5. The Morgan fingerprint density at radius 1 is 1.50 bits per heavy atom. The maximum absolute atomic E-state index is 13.8. The molecule has 0 aromatic heterocycles. The predicted molar refractivity (Wildman–Crippen MR) is 68.0 cm³/mol. The summed E-state index contributed by atoms with van der Waals surface area (Å²) >= 11 is 7.70. The lowest BCUT2D eigenvalue weighted by Crippen LogP contribution is -2.20. The average molecular weight is 263 g/mol. The molecule has 1 aromatic carbocycles. The molecule has 0 amide bonds. The van der Waals surface area contributed by atoms with E-state index in [4.69, 9.17) is 16.7 Å². The Hall–Kier alpha value is -0.250. The van der Waals surface area contributed by atoms with Crippen LogP contribution in [0.1, 0.15) is 26.3 Å². The number of thioether (sulfide) groups is 1. The topological polar surface area (TPSA) is 20.2 Å². The van der Waals surface area contributed by atoms with E-state index in [-0.39, 0.29) is 0 Å². The molecule has 1 nitrogen and oxygen atoms in total. The first-order valence-electron chi connectivity index (χ1n) is 5.13. The van der Waals surface area contributed by atoms with E-state index >= 15 is 0 Å². The minimum absolute atomic E-state index is 0.410. The molecule has 1 aromatic rings. The first-order chi connectivity index (χ1) is 7.36. The molecule has 0 saturated heterocycles. The molecule has 1 unspecified atom stereocenters. The summed E-state index contributed by atoms with van der Waals surface area (Å²) in [4.78, 5) is 0.939. The zero-order valence-electron chi connectivity index (χ0n) is 9.63. The molecule has 90 valence electrons. The van der Waals surface area contributed by atoms with E-state index < -0.39 is 12.3 Å². The van der Waals surface area contributed by atoms with E-state index in [0.29, 0.717) is 15.8 Å². The quantitative estimate of drug-likeness (QED) is 0.827. The summed E-state index contributed by atoms with van der Waals surface area (Å²) in [7, 11) is 0. The van der Waals surface area contributed by atoms with Crippen molar-refractivity contribution < 1.29 is 9.50 Å². The van der Waals surface area contributed by atoms with Crippen LogP contribution in [0.2, 0.25) is 5.02 Å². The molecule has 0 saturated carbocycles. The summed E-state index contributed by atoms with van der Waals surface area (Å²) in [6.07, 6.45) is 0. The van der Waals surface area contributed by atoms with E-state index in [2.05, 4.69) is 13.8 Å². The van der Waals surface area contributed by atoms with Gasteiger partial charge in [0.15, 0.2) is 5.67 Å². The summed E-state index contributed by atoms with van der Waals surface area (Å²) in [5.74, 6) is 0. The first kappa shape index (κ1) is 13.8. The van der Waals surface area contributed by atoms with Gasteiger partial charge in [0, 0.05) is 10.1 Å². The Labute approximate surface area is 105 Å². The maximum Gasteiger partial charge on any atom is 0.156 e. The van der Waals surface area contributed by atoms with Crippen molar-refractivity contribution >= 4 is 23.4 Å². The number of hydrogen-bond donors (Lipinski definition) is 1. The number of hydrogen-bond acceptors (Lipinski definition) is 2. The van der Waals surface area contributed by atoms with E-state index in [9.17, 15) is 4.39 Å². The van der Waals surface area contributed by atoms with Gasteiger partial charge in [0.2, 0.25) is 0 Å². The average Bonchev–Trinajstić information content (AvgIpc) is 2.20. The van der Waals surface area contributed by atoms with Gasteiger partial charge < -0.3 is 5.11 Å². The smallest absolute Gasteiger partial charge is 0.156 e. The van der Waals surface area contributed by atoms with Gasteiger partial charge in [0.05, 0.1) is 11.6 Å². The zero-order chi connectivity index (χ0) is 12.3. The molecular weight excluding hydrogens is 247 g/mol. The largest absolute Gasteiger partial charge is 0.393 e. The van der Waals surface area contributed by atoms with Crippen molar-refractivity contribution in [1.29, 1.82) is 0 Å². The standard InChI is InChI=1S/C12H16ClFOS/c1-8(2)16-11-5-4-9(6-10(11)13)12(3,14)7-15/h4-6,8,15H,7H2,1-3H3. The summed E-state index contributed by atoms with van der Waals surface area (Å²) in [6.45, 7) is 4.94. The third-order valence-electron chi connectivity index (χ3n) is 2.19. The monoisotopic (exact) mass is 262 g/mol. The molecule has 0 radical (unpaired) electrons. The van der Waals surface area contributed by atoms with Gasteiger partial charge in [0.25, 0.3) is 0 Å². The SMILES string of the molecule is CC(C)Sc1ccc(C(C)(F)CO)cc1Cl. The molecular formula is C12H16ClFOS. The Morgan fingerprint density at radius 2 is 2.12 bits per heavy atom. The normalized spacial score (nSPS) is 15.2. The van der Waals surface area contributed by atoms with Gasteiger partial charge in [-0.25, -0.2) is 4.39 Å². The molecule has 0 bridgehead atoms. The molecule has 0 heterocycles. The molecule has 0 aliphatic rings. The van der Waals surface area contributed by atoms with Crippen molar-refractivity contribution in [2.24, 2.45) is 0 Å². The van der Waals surface area contributed by atoms with Crippen molar-refractivity contribution in [3.8, 4) is 0 Å². The van der Waals surface area contributed by atoms with Gasteiger partial charge in [-0.05, 0) is 24.6 Å². The lowest BCUT2D eigenvalue weighted by atomic mass is 9.99. The third-order valence-corrected chi connectivity index (χ3v) is 3.70. The van der Waals surface area contributed by atoms with Crippen LogP contribution in [-0.4, -0.2) is 17.0 Å². The molecule has 16 heavy (non-hydrogen) atoms. The second-order valence-electron chi connectivity index (χ2n) is 4.17. The van der Waals surface area contributed by atoms with Gasteiger partial charge in [-0.3, -0.25) is 0 Å². The first-order valence-corrected chi connectivity index (χ1v) is 6.39. The van der Waals surface area contributed by atoms with Gasteiger partial charge in [-0.1, -0.05) is 31.5 Å². The Kier molecular flexibility index (Phi) is 4.65. The highest BCUT2D eigenvalue weighted by molar-refractivity contribution is 8.00. The van der Waals surface area contributed by atoms with Crippen LogP contribution in [0.25, 0.3) is 0 Å². The van der Waals surface area contributed by atoms with Crippen LogP contribution in [-0.2, 0) is 5.67 Å². The number of benzene rings is 1. The molecule has 4 heteroatoms. The van der Waals surface area contributed by atoms with Crippen molar-refractivity contribution in [2.45, 2.75) is 36.6 Å². The lowest BCUT2D eigenvalue weighted by molar-refractivity contribution is 0.0867. The number of aliphatic hydroxyl groups excluding tert-OH is 1. The Balaban J connectivity index is 2.99. The molecule has 0 aliphatic carbocycles. The van der Waals surface area contributed by atoms with Crippen LogP contribution in [0, 0.1) is 0 Å². The molecule has 1 N–H and O–H groups in total. The number of halogens is 2. The van der Waals surface area contributed by atoms with Crippen molar-refractivity contribution in [2.75, 3.05) is 6.61 Å². The van der Waals surface area contributed by atoms with Crippen molar-refractivity contribution in [1.82, 2.24) is 0 Å². The fraction of sp³-hybridized carbons (Fsp3) is 0.500. The third kappa shape index (κ3) is 3.37. The fourth-order valence-corrected chi connectivity index (χ4v) is 2.41. The zero-order valence-corrected chi connectivity index (χ0v) is 11.2. The fourth-order valence-electron chi connectivity index (χ4n) is 1.27. The van der Waals surface area contributed by atoms with Crippen molar-refractivity contribution in [3.05, 3.63) is 28.8 Å². The molecule has 0 spiro atoms. The summed E-state index contributed by atoms with van der Waals surface area (Å²) < 4.78 is 13.8. The minimum atomic E-state index is -1.73. The van der Waals surface area contributed by atoms with E-state index in [1.165, 1.54) is 6.92 Å². The van der Waals surface area contributed by atoms with Crippen LogP contribution in [0.5, 0.6) is 0 Å². The van der Waals surface area contributed by atoms with Crippen LogP contribution in [0.3, 0.4) is 0 Å². The summed E-state index contributed by atoms with van der Waals surface area (Å²) in [5, 5.41) is 9.89. The highest BCUT2D eigenvalue weighted by Crippen LogP contribution is 2.34. The molecule has 0 fully saturated rings. The van der Waals surface area contributed by atoms with Gasteiger partial charge >= 0.3 is 0 Å². The van der Waals surface area contributed by atoms with Crippen LogP contribution in [0.4, 0.5) is 4.39 Å². The highest BCUT2D eigenvalue weighted by Gasteiger charge is 2.25. The van der Waals surface area contributed by atoms with E-state index in [0.717, 1.165) is 4.90 Å². The van der Waals surface area contributed by atoms with Crippen molar-refractivity contribution in [3.63, 3.8) is 0 Å². The van der Waals surface area contributed by atoms with Crippen LogP contribution >= 0.6 is 23.4 Å². The predicted octanol–water partition coefficient (Wildman–Crippen LogP) is 4.02. The second-order valence-corrected chi connectivity index (χ2v) is 6.19. The number of aliphatic hydroxyl groups is 1. The second kappa shape index (κ2) is 5.39. The lowest BCUT2D eigenvalue weighted by Gasteiger charge is -2.19.